The van der Waals surface area contributed by atoms with Crippen LogP contribution in [-0.2, 0) is 11.3 Å². The Morgan fingerprint density at radius 1 is 1.11 bits per heavy atom. The number of carbonyl (C=O) groups is 2. The van der Waals surface area contributed by atoms with E-state index in [-0.39, 0.29) is 5.78 Å². The van der Waals surface area contributed by atoms with Crippen molar-refractivity contribution in [2.75, 3.05) is 4.90 Å². The number of Topliss-reactive ketones (excluding diaryl/α,β-unsaturated/α-hetero) is 1. The molecule has 0 atom stereocenters. The highest BCUT2D eigenvalue weighted by atomic mass is 32.1. The van der Waals surface area contributed by atoms with E-state index in [0.717, 1.165) is 21.7 Å². The molecule has 1 aliphatic rings. The Hall–Kier alpha value is -1.94. The minimum atomic E-state index is -0.416. The van der Waals surface area contributed by atoms with E-state index in [1.165, 1.54) is 0 Å². The molecule has 3 nitrogen and oxygen atoms in total. The summed E-state index contributed by atoms with van der Waals surface area (Å²) in [6.45, 7) is 4.28. The van der Waals surface area contributed by atoms with Crippen molar-refractivity contribution in [2.45, 2.75) is 20.4 Å². The molecule has 0 saturated heterocycles. The van der Waals surface area contributed by atoms with Crippen LogP contribution in [0.4, 0.5) is 5.69 Å². The Balaban J connectivity index is 2.12. The first-order valence-corrected chi connectivity index (χ1v) is 6.96. The van der Waals surface area contributed by atoms with Crippen molar-refractivity contribution in [2.24, 2.45) is 0 Å². The zero-order valence-electron chi connectivity index (χ0n) is 10.8. The fraction of sp³-hybridized carbons (Fsp3) is 0.200. The van der Waals surface area contributed by atoms with Crippen molar-refractivity contribution in [1.82, 2.24) is 0 Å². The number of thiophene rings is 1. The molecule has 1 aromatic carbocycles. The molecule has 1 aliphatic heterocycles. The van der Waals surface area contributed by atoms with E-state index < -0.39 is 5.91 Å². The van der Waals surface area contributed by atoms with E-state index in [1.807, 2.05) is 43.5 Å². The standard InChI is InChI=1S/C15H13NO2S/c1-9-5-6-10(2)13-12(9)14(17)15(18)16(13)8-11-4-3-7-19-11/h3-7H,8H2,1-2H3. The molecule has 0 spiro atoms. The molecule has 2 heterocycles. The molecular weight excluding hydrogens is 258 g/mol. The lowest BCUT2D eigenvalue weighted by molar-refractivity contribution is -0.114. The van der Waals surface area contributed by atoms with Gasteiger partial charge in [0.25, 0.3) is 11.7 Å². The molecule has 0 aliphatic carbocycles. The Labute approximate surface area is 115 Å². The molecule has 0 fully saturated rings. The van der Waals surface area contributed by atoms with Crippen LogP contribution in [0.1, 0.15) is 26.4 Å². The van der Waals surface area contributed by atoms with Gasteiger partial charge in [0.15, 0.2) is 0 Å². The van der Waals surface area contributed by atoms with Crippen molar-refractivity contribution in [3.05, 3.63) is 51.2 Å². The van der Waals surface area contributed by atoms with E-state index in [9.17, 15) is 9.59 Å². The van der Waals surface area contributed by atoms with Gasteiger partial charge >= 0.3 is 0 Å². The predicted molar refractivity (Wildman–Crippen MR) is 75.8 cm³/mol. The van der Waals surface area contributed by atoms with Crippen molar-refractivity contribution in [3.8, 4) is 0 Å². The van der Waals surface area contributed by atoms with Gasteiger partial charge in [0.2, 0.25) is 0 Å². The minimum Gasteiger partial charge on any atom is -0.299 e. The van der Waals surface area contributed by atoms with E-state index in [0.29, 0.717) is 12.1 Å². The Morgan fingerprint density at radius 3 is 2.53 bits per heavy atom. The Kier molecular flexibility index (Phi) is 2.75. The number of ketones is 1. The van der Waals surface area contributed by atoms with Crippen molar-refractivity contribution in [3.63, 3.8) is 0 Å². The normalized spacial score (nSPS) is 14.1. The van der Waals surface area contributed by atoms with Crippen LogP contribution in [0.2, 0.25) is 0 Å². The minimum absolute atomic E-state index is 0.382. The SMILES string of the molecule is Cc1ccc(C)c2c1C(=O)C(=O)N2Cc1cccs1. The molecule has 19 heavy (non-hydrogen) atoms. The summed E-state index contributed by atoms with van der Waals surface area (Å²) in [5.41, 5.74) is 3.19. The number of aryl methyl sites for hydroxylation is 2. The highest BCUT2D eigenvalue weighted by molar-refractivity contribution is 7.09. The van der Waals surface area contributed by atoms with Crippen LogP contribution in [0.15, 0.2) is 29.6 Å². The van der Waals surface area contributed by atoms with Crippen LogP contribution in [0.25, 0.3) is 0 Å². The summed E-state index contributed by atoms with van der Waals surface area (Å²) >= 11 is 1.59. The van der Waals surface area contributed by atoms with Gasteiger partial charge in [0.1, 0.15) is 0 Å². The first-order chi connectivity index (χ1) is 9.09. The average molecular weight is 271 g/mol. The third-order valence-electron chi connectivity index (χ3n) is 3.42. The van der Waals surface area contributed by atoms with Gasteiger partial charge in [0, 0.05) is 4.88 Å². The highest BCUT2D eigenvalue weighted by Crippen LogP contribution is 2.35. The zero-order chi connectivity index (χ0) is 13.6. The molecule has 1 aromatic heterocycles. The van der Waals surface area contributed by atoms with Gasteiger partial charge in [-0.3, -0.25) is 14.5 Å². The molecule has 0 radical (unpaired) electrons. The third kappa shape index (κ3) is 1.79. The largest absolute Gasteiger partial charge is 0.299 e. The van der Waals surface area contributed by atoms with E-state index in [4.69, 9.17) is 0 Å². The number of hydrogen-bond donors (Lipinski definition) is 0. The molecule has 0 unspecified atom stereocenters. The topological polar surface area (TPSA) is 37.4 Å². The molecule has 0 saturated carbocycles. The number of benzene rings is 1. The smallest absolute Gasteiger partial charge is 0.299 e. The molecule has 2 aromatic rings. The number of carbonyl (C=O) groups excluding carboxylic acids is 2. The fourth-order valence-corrected chi connectivity index (χ4v) is 3.16. The average Bonchev–Trinajstić information content (AvgIpc) is 2.97. The van der Waals surface area contributed by atoms with Crippen LogP contribution >= 0.6 is 11.3 Å². The summed E-state index contributed by atoms with van der Waals surface area (Å²) in [7, 11) is 0. The van der Waals surface area contributed by atoms with Crippen LogP contribution < -0.4 is 4.90 Å². The third-order valence-corrected chi connectivity index (χ3v) is 4.28. The lowest BCUT2D eigenvalue weighted by Crippen LogP contribution is -2.29. The first-order valence-electron chi connectivity index (χ1n) is 6.08. The number of nitrogens with zero attached hydrogens (tertiary/aromatic N) is 1. The fourth-order valence-electron chi connectivity index (χ4n) is 2.47. The second-order valence-corrected chi connectivity index (χ2v) is 5.75. The molecule has 4 heteroatoms. The van der Waals surface area contributed by atoms with E-state index in [2.05, 4.69) is 0 Å². The van der Waals surface area contributed by atoms with Gasteiger partial charge in [-0.2, -0.15) is 0 Å². The maximum absolute atomic E-state index is 12.2. The number of amides is 1. The zero-order valence-corrected chi connectivity index (χ0v) is 11.6. The molecule has 0 bridgehead atoms. The molecule has 1 amide bonds. The number of fused-ring (bicyclic) bond motifs is 1. The quantitative estimate of drug-likeness (QED) is 0.787. The summed E-state index contributed by atoms with van der Waals surface area (Å²) in [6.07, 6.45) is 0. The maximum atomic E-state index is 12.2. The van der Waals surface area contributed by atoms with Crippen LogP contribution in [0, 0.1) is 13.8 Å². The monoisotopic (exact) mass is 271 g/mol. The van der Waals surface area contributed by atoms with Crippen molar-refractivity contribution in [1.29, 1.82) is 0 Å². The number of hydrogen-bond acceptors (Lipinski definition) is 3. The van der Waals surface area contributed by atoms with Gasteiger partial charge in [-0.05, 0) is 36.4 Å². The molecule has 3 rings (SSSR count). The summed E-state index contributed by atoms with van der Waals surface area (Å²) in [5.74, 6) is -0.798. The molecule has 0 N–H and O–H groups in total. The van der Waals surface area contributed by atoms with Gasteiger partial charge in [0.05, 0.1) is 17.8 Å². The summed E-state index contributed by atoms with van der Waals surface area (Å²) in [4.78, 5) is 27.0. The molecule has 96 valence electrons. The second kappa shape index (κ2) is 4.31. The predicted octanol–water partition coefficient (Wildman–Crippen LogP) is 3.09. The van der Waals surface area contributed by atoms with E-state index in [1.54, 1.807) is 16.2 Å². The van der Waals surface area contributed by atoms with Crippen molar-refractivity contribution < 1.29 is 9.59 Å². The number of rotatable bonds is 2. The van der Waals surface area contributed by atoms with E-state index >= 15 is 0 Å². The van der Waals surface area contributed by atoms with Gasteiger partial charge in [-0.25, -0.2) is 0 Å². The summed E-state index contributed by atoms with van der Waals surface area (Å²) in [5, 5.41) is 1.97. The van der Waals surface area contributed by atoms with Gasteiger partial charge < -0.3 is 0 Å². The first kappa shape index (κ1) is 12.1. The Morgan fingerprint density at radius 2 is 1.84 bits per heavy atom. The molecular formula is C15H13NO2S. The summed E-state index contributed by atoms with van der Waals surface area (Å²) in [6, 6.07) is 7.79. The van der Waals surface area contributed by atoms with Crippen LogP contribution in [-0.4, -0.2) is 11.7 Å². The van der Waals surface area contributed by atoms with Crippen LogP contribution in [0.3, 0.4) is 0 Å². The second-order valence-electron chi connectivity index (χ2n) is 4.72. The maximum Gasteiger partial charge on any atom is 0.299 e. The van der Waals surface area contributed by atoms with Crippen LogP contribution in [0.5, 0.6) is 0 Å². The highest BCUT2D eigenvalue weighted by Gasteiger charge is 2.38. The number of anilines is 1. The summed E-state index contributed by atoms with van der Waals surface area (Å²) < 4.78 is 0. The lowest BCUT2D eigenvalue weighted by Gasteiger charge is -2.18. The lowest BCUT2D eigenvalue weighted by atomic mass is 10.0. The van der Waals surface area contributed by atoms with Gasteiger partial charge in [-0.1, -0.05) is 18.2 Å². The Bertz CT molecular complexity index is 674. The van der Waals surface area contributed by atoms with Gasteiger partial charge in [-0.15, -0.1) is 11.3 Å². The van der Waals surface area contributed by atoms with Crippen molar-refractivity contribution >= 4 is 28.7 Å².